The van der Waals surface area contributed by atoms with E-state index in [0.29, 0.717) is 5.56 Å². The molecule has 0 spiro atoms. The standard InChI is InChI=1S/C26H30O2Si/c1-19-17-20(2)24(21(3)18-19)25(27)28-29(26(4,5)6,22-13-9-7-10-14-22)23-15-11-8-12-16-23/h7-18H,1-6H3. The van der Waals surface area contributed by atoms with Crippen LogP contribution >= 0.6 is 0 Å². The minimum Gasteiger partial charge on any atom is -0.506 e. The van der Waals surface area contributed by atoms with E-state index in [9.17, 15) is 4.79 Å². The quantitative estimate of drug-likeness (QED) is 0.552. The van der Waals surface area contributed by atoms with E-state index >= 15 is 0 Å². The van der Waals surface area contributed by atoms with E-state index in [1.165, 1.54) is 0 Å². The van der Waals surface area contributed by atoms with Gasteiger partial charge in [-0.25, -0.2) is 4.79 Å². The Bertz CT molecular complexity index is 939. The molecule has 0 saturated carbocycles. The number of carbonyl (C=O) groups is 1. The summed E-state index contributed by atoms with van der Waals surface area (Å²) in [6.45, 7) is 12.6. The first kappa shape index (κ1) is 21.1. The SMILES string of the molecule is Cc1cc(C)c(C(=O)O[Si](c2ccccc2)(c2ccccc2)C(C)(C)C)c(C)c1. The van der Waals surface area contributed by atoms with Gasteiger partial charge in [0.05, 0.1) is 5.56 Å². The third kappa shape index (κ3) is 3.92. The number of hydrogen-bond acceptors (Lipinski definition) is 2. The molecule has 0 aliphatic heterocycles. The van der Waals surface area contributed by atoms with Crippen molar-refractivity contribution in [1.82, 2.24) is 0 Å². The number of rotatable bonds is 4. The highest BCUT2D eigenvalue weighted by Gasteiger charge is 2.53. The van der Waals surface area contributed by atoms with Crippen LogP contribution in [0.5, 0.6) is 0 Å². The van der Waals surface area contributed by atoms with Gasteiger partial charge in [0.25, 0.3) is 0 Å². The first-order valence-electron chi connectivity index (χ1n) is 10.1. The van der Waals surface area contributed by atoms with Crippen LogP contribution in [-0.2, 0) is 4.43 Å². The van der Waals surface area contributed by atoms with Crippen LogP contribution in [0, 0.1) is 20.8 Å². The van der Waals surface area contributed by atoms with E-state index in [2.05, 4.69) is 64.1 Å². The largest absolute Gasteiger partial charge is 0.506 e. The maximum Gasteiger partial charge on any atom is 0.325 e. The van der Waals surface area contributed by atoms with Gasteiger partial charge in [-0.05, 0) is 47.3 Å². The van der Waals surface area contributed by atoms with E-state index in [-0.39, 0.29) is 11.0 Å². The third-order valence-corrected chi connectivity index (χ3v) is 10.4. The minimum absolute atomic E-state index is 0.228. The fourth-order valence-electron chi connectivity index (χ4n) is 4.34. The minimum atomic E-state index is -2.90. The second kappa shape index (κ2) is 8.00. The van der Waals surface area contributed by atoms with Crippen molar-refractivity contribution in [2.75, 3.05) is 0 Å². The molecule has 0 bridgehead atoms. The fourth-order valence-corrected chi connectivity index (χ4v) is 8.65. The van der Waals surface area contributed by atoms with Gasteiger partial charge in [-0.1, -0.05) is 99.1 Å². The summed E-state index contributed by atoms with van der Waals surface area (Å²) in [5, 5.41) is 1.97. The monoisotopic (exact) mass is 402 g/mol. The number of carbonyl (C=O) groups excluding carboxylic acids is 1. The average Bonchev–Trinajstić information content (AvgIpc) is 2.65. The molecule has 0 heterocycles. The smallest absolute Gasteiger partial charge is 0.325 e. The summed E-state index contributed by atoms with van der Waals surface area (Å²) < 4.78 is 6.66. The third-order valence-electron chi connectivity index (χ3n) is 5.54. The van der Waals surface area contributed by atoms with E-state index in [0.717, 1.165) is 27.1 Å². The van der Waals surface area contributed by atoms with Crippen LogP contribution in [-0.4, -0.2) is 14.3 Å². The van der Waals surface area contributed by atoms with Gasteiger partial charge in [-0.15, -0.1) is 0 Å². The zero-order valence-corrected chi connectivity index (χ0v) is 19.2. The Balaban J connectivity index is 2.23. The zero-order chi connectivity index (χ0) is 21.2. The van der Waals surface area contributed by atoms with E-state index in [1.807, 2.05) is 50.2 Å². The molecule has 0 N–H and O–H groups in total. The van der Waals surface area contributed by atoms with Crippen molar-refractivity contribution in [3.8, 4) is 0 Å². The molecular weight excluding hydrogens is 372 g/mol. The maximum atomic E-state index is 13.6. The summed E-state index contributed by atoms with van der Waals surface area (Å²) in [5.74, 6) is -0.228. The molecule has 0 fully saturated rings. The van der Waals surface area contributed by atoms with Crippen molar-refractivity contribution in [3.63, 3.8) is 0 Å². The first-order valence-corrected chi connectivity index (χ1v) is 12.0. The first-order chi connectivity index (χ1) is 13.7. The average molecular weight is 403 g/mol. The summed E-state index contributed by atoms with van der Waals surface area (Å²) in [6.07, 6.45) is 0. The molecule has 3 aromatic rings. The van der Waals surface area contributed by atoms with Gasteiger partial charge in [0, 0.05) is 0 Å². The molecule has 3 rings (SSSR count). The van der Waals surface area contributed by atoms with Crippen LogP contribution < -0.4 is 10.4 Å². The Morgan fingerprint density at radius 1 is 0.759 bits per heavy atom. The van der Waals surface area contributed by atoms with Crippen molar-refractivity contribution < 1.29 is 9.22 Å². The molecule has 150 valence electrons. The van der Waals surface area contributed by atoms with Crippen molar-refractivity contribution in [2.45, 2.75) is 46.6 Å². The lowest BCUT2D eigenvalue weighted by atomic mass is 10.0. The Kier molecular flexibility index (Phi) is 5.81. The molecule has 0 radical (unpaired) electrons. The van der Waals surface area contributed by atoms with Crippen molar-refractivity contribution in [2.24, 2.45) is 0 Å². The van der Waals surface area contributed by atoms with Crippen LogP contribution in [0.1, 0.15) is 47.8 Å². The van der Waals surface area contributed by atoms with Crippen molar-refractivity contribution in [1.29, 1.82) is 0 Å². The van der Waals surface area contributed by atoms with Gasteiger partial charge >= 0.3 is 14.3 Å². The molecule has 0 aliphatic carbocycles. The Morgan fingerprint density at radius 2 is 1.17 bits per heavy atom. The summed E-state index contributed by atoms with van der Waals surface area (Å²) in [7, 11) is -2.90. The summed E-state index contributed by atoms with van der Waals surface area (Å²) in [6, 6.07) is 24.6. The topological polar surface area (TPSA) is 26.3 Å². The van der Waals surface area contributed by atoms with Crippen LogP contribution in [0.25, 0.3) is 0 Å². The molecule has 0 aliphatic rings. The van der Waals surface area contributed by atoms with Crippen LogP contribution in [0.15, 0.2) is 72.8 Å². The molecular formula is C26H30O2Si. The van der Waals surface area contributed by atoms with Gasteiger partial charge < -0.3 is 4.43 Å². The Labute approximate surface area is 175 Å². The van der Waals surface area contributed by atoms with Crippen molar-refractivity contribution >= 4 is 24.7 Å². The Hall–Kier alpha value is -2.65. The number of aryl methyl sites for hydroxylation is 3. The lowest BCUT2D eigenvalue weighted by Gasteiger charge is -2.42. The molecule has 29 heavy (non-hydrogen) atoms. The number of benzene rings is 3. The molecule has 0 atom stereocenters. The summed E-state index contributed by atoms with van der Waals surface area (Å²) in [5.41, 5.74) is 3.77. The molecule has 2 nitrogen and oxygen atoms in total. The zero-order valence-electron chi connectivity index (χ0n) is 18.2. The molecule has 3 aromatic carbocycles. The predicted molar refractivity (Wildman–Crippen MR) is 124 cm³/mol. The van der Waals surface area contributed by atoms with E-state index in [4.69, 9.17) is 4.43 Å². The second-order valence-corrected chi connectivity index (χ2v) is 13.0. The molecule has 0 amide bonds. The fraction of sp³-hybridized carbons (Fsp3) is 0.269. The van der Waals surface area contributed by atoms with Crippen LogP contribution in [0.3, 0.4) is 0 Å². The highest BCUT2D eigenvalue weighted by molar-refractivity contribution is 7.00. The maximum absolute atomic E-state index is 13.6. The molecule has 0 saturated heterocycles. The molecule has 3 heteroatoms. The predicted octanol–water partition coefficient (Wildman–Crippen LogP) is 5.33. The lowest BCUT2D eigenvalue weighted by molar-refractivity contribution is 0.0717. The highest BCUT2D eigenvalue weighted by Crippen LogP contribution is 2.37. The summed E-state index contributed by atoms with van der Waals surface area (Å²) in [4.78, 5) is 13.6. The van der Waals surface area contributed by atoms with Gasteiger partial charge in [0.15, 0.2) is 0 Å². The van der Waals surface area contributed by atoms with Gasteiger partial charge in [0.2, 0.25) is 0 Å². The van der Waals surface area contributed by atoms with Crippen molar-refractivity contribution in [3.05, 3.63) is 95.1 Å². The van der Waals surface area contributed by atoms with E-state index < -0.39 is 8.32 Å². The second-order valence-electron chi connectivity index (χ2n) is 8.83. The van der Waals surface area contributed by atoms with Crippen LogP contribution in [0.4, 0.5) is 0 Å². The lowest BCUT2D eigenvalue weighted by Crippen LogP contribution is -2.67. The Morgan fingerprint density at radius 3 is 1.55 bits per heavy atom. The summed E-state index contributed by atoms with van der Waals surface area (Å²) >= 11 is 0. The molecule has 0 aromatic heterocycles. The normalized spacial score (nSPS) is 11.9. The highest BCUT2D eigenvalue weighted by atomic mass is 28.4. The van der Waals surface area contributed by atoms with Crippen LogP contribution in [0.2, 0.25) is 5.04 Å². The van der Waals surface area contributed by atoms with Gasteiger partial charge in [-0.2, -0.15) is 0 Å². The van der Waals surface area contributed by atoms with Gasteiger partial charge in [0.1, 0.15) is 0 Å². The molecule has 0 unspecified atom stereocenters. The number of hydrogen-bond donors (Lipinski definition) is 0. The van der Waals surface area contributed by atoms with Gasteiger partial charge in [-0.3, -0.25) is 0 Å². The van der Waals surface area contributed by atoms with E-state index in [1.54, 1.807) is 0 Å².